The van der Waals surface area contributed by atoms with E-state index in [2.05, 4.69) is 30.9 Å². The Kier molecular flexibility index (Phi) is 8.17. The number of aromatic nitrogens is 8. The molecular formula is C28H29ClFN9O4. The number of anilines is 1. The van der Waals surface area contributed by atoms with E-state index < -0.39 is 17.8 Å². The number of nitrogens with zero attached hydrogens (tertiary/aromatic N) is 8. The Morgan fingerprint density at radius 3 is 2.84 bits per heavy atom. The van der Waals surface area contributed by atoms with Crippen LogP contribution in [0, 0.1) is 12.7 Å². The lowest BCUT2D eigenvalue weighted by Crippen LogP contribution is -2.24. The van der Waals surface area contributed by atoms with Crippen molar-refractivity contribution < 1.29 is 23.8 Å². The van der Waals surface area contributed by atoms with Crippen molar-refractivity contribution in [3.63, 3.8) is 0 Å². The molecule has 43 heavy (non-hydrogen) atoms. The zero-order valence-corrected chi connectivity index (χ0v) is 24.2. The van der Waals surface area contributed by atoms with E-state index in [4.69, 9.17) is 21.1 Å². The predicted molar refractivity (Wildman–Crippen MR) is 154 cm³/mol. The number of hydrogen-bond donors (Lipinski definition) is 2. The average Bonchev–Trinajstić information content (AvgIpc) is 3.39. The van der Waals surface area contributed by atoms with Crippen LogP contribution in [0.15, 0.2) is 42.9 Å². The Morgan fingerprint density at radius 2 is 2.05 bits per heavy atom. The summed E-state index contributed by atoms with van der Waals surface area (Å²) < 4.78 is 28.4. The normalized spacial score (nSPS) is 14.0. The second-order valence-corrected chi connectivity index (χ2v) is 10.7. The highest BCUT2D eigenvalue weighted by molar-refractivity contribution is 6.34. The SMILES string of the molecule is COCCOCC(O)Cn1ncc(-c2ccn3ncc(C(=O)Nc4cc(-c5nnn(C6CC6)n5)c(F)cc4Cl)c3c2)c1C. The number of rotatable bonds is 12. The van der Waals surface area contributed by atoms with Gasteiger partial charge in [0.15, 0.2) is 0 Å². The van der Waals surface area contributed by atoms with Crippen molar-refractivity contribution in [1.29, 1.82) is 0 Å². The molecule has 224 valence electrons. The van der Waals surface area contributed by atoms with Gasteiger partial charge in [0.1, 0.15) is 5.82 Å². The van der Waals surface area contributed by atoms with E-state index in [9.17, 15) is 14.3 Å². The van der Waals surface area contributed by atoms with Crippen molar-refractivity contribution in [2.75, 3.05) is 32.2 Å². The second kappa shape index (κ2) is 12.2. The summed E-state index contributed by atoms with van der Waals surface area (Å²) >= 11 is 6.30. The maximum atomic E-state index is 14.8. The van der Waals surface area contributed by atoms with E-state index >= 15 is 0 Å². The third kappa shape index (κ3) is 6.13. The molecule has 1 aromatic carbocycles. The monoisotopic (exact) mass is 609 g/mol. The third-order valence-electron chi connectivity index (χ3n) is 7.15. The largest absolute Gasteiger partial charge is 0.389 e. The highest BCUT2D eigenvalue weighted by Crippen LogP contribution is 2.35. The van der Waals surface area contributed by atoms with Crippen LogP contribution in [-0.4, -0.2) is 83.6 Å². The van der Waals surface area contributed by atoms with E-state index in [1.807, 2.05) is 19.1 Å². The number of benzene rings is 1. The molecule has 15 heteroatoms. The molecule has 1 amide bonds. The Balaban J connectivity index is 1.21. The van der Waals surface area contributed by atoms with Crippen molar-refractivity contribution in [2.24, 2.45) is 0 Å². The summed E-state index contributed by atoms with van der Waals surface area (Å²) in [6.07, 6.45) is 6.08. The summed E-state index contributed by atoms with van der Waals surface area (Å²) in [5.41, 5.74) is 3.58. The van der Waals surface area contributed by atoms with Crippen LogP contribution in [0.2, 0.25) is 5.02 Å². The molecule has 6 rings (SSSR count). The maximum Gasteiger partial charge on any atom is 0.259 e. The van der Waals surface area contributed by atoms with E-state index in [1.54, 1.807) is 28.7 Å². The van der Waals surface area contributed by atoms with Crippen LogP contribution in [0.3, 0.4) is 0 Å². The lowest BCUT2D eigenvalue weighted by Gasteiger charge is -2.13. The number of tetrazole rings is 1. The molecule has 0 saturated heterocycles. The van der Waals surface area contributed by atoms with Crippen molar-refractivity contribution in [3.05, 3.63) is 65.0 Å². The molecule has 0 bridgehead atoms. The molecular weight excluding hydrogens is 581 g/mol. The number of hydrogen-bond acceptors (Lipinski definition) is 9. The van der Waals surface area contributed by atoms with E-state index in [-0.39, 0.29) is 46.9 Å². The number of amides is 1. The molecule has 5 aromatic rings. The fraction of sp³-hybridized carbons (Fsp3) is 0.357. The number of methoxy groups -OCH3 is 1. The standard InChI is InChI=1S/C28H29ClFN9O4/c1-16-21(12-32-38(16)14-19(40)15-43-8-7-42-2)17-5-6-37-26(9-17)22(13-31-37)28(41)33-25-10-20(24(30)11-23(25)29)27-34-36-39(35-27)18-3-4-18/h5-6,9-13,18-19,40H,3-4,7-8,14-15H2,1-2H3,(H,33,41). The second-order valence-electron chi connectivity index (χ2n) is 10.3. The van der Waals surface area contributed by atoms with Gasteiger partial charge < -0.3 is 19.9 Å². The minimum absolute atomic E-state index is 0.0238. The topological polar surface area (TPSA) is 147 Å². The third-order valence-corrected chi connectivity index (χ3v) is 7.47. The van der Waals surface area contributed by atoms with Crippen molar-refractivity contribution in [1.82, 2.24) is 39.6 Å². The maximum absolute atomic E-state index is 14.8. The summed E-state index contributed by atoms with van der Waals surface area (Å²) in [7, 11) is 1.59. The van der Waals surface area contributed by atoms with Crippen LogP contribution in [-0.2, 0) is 16.0 Å². The highest BCUT2D eigenvalue weighted by atomic mass is 35.5. The van der Waals surface area contributed by atoms with Gasteiger partial charge in [0.2, 0.25) is 5.82 Å². The number of ether oxygens (including phenoxy) is 2. The van der Waals surface area contributed by atoms with Gasteiger partial charge in [-0.05, 0) is 54.8 Å². The number of fused-ring (bicyclic) bond motifs is 1. The van der Waals surface area contributed by atoms with Crippen molar-refractivity contribution in [3.8, 4) is 22.5 Å². The van der Waals surface area contributed by atoms with Crippen LogP contribution >= 0.6 is 11.6 Å². The van der Waals surface area contributed by atoms with Gasteiger partial charge in [-0.25, -0.2) is 8.91 Å². The summed E-state index contributed by atoms with van der Waals surface area (Å²) in [5.74, 6) is -0.995. The van der Waals surface area contributed by atoms with E-state index in [0.717, 1.165) is 35.7 Å². The van der Waals surface area contributed by atoms with Gasteiger partial charge in [-0.2, -0.15) is 15.0 Å². The molecule has 0 aliphatic heterocycles. The molecule has 4 aromatic heterocycles. The molecule has 1 atom stereocenters. The Morgan fingerprint density at radius 1 is 1.21 bits per heavy atom. The van der Waals surface area contributed by atoms with Gasteiger partial charge in [-0.1, -0.05) is 11.6 Å². The van der Waals surface area contributed by atoms with Gasteiger partial charge in [0.05, 0.1) is 78.3 Å². The minimum Gasteiger partial charge on any atom is -0.389 e. The quantitative estimate of drug-likeness (QED) is 0.203. The molecule has 13 nitrogen and oxygen atoms in total. The zero-order chi connectivity index (χ0) is 30.1. The van der Waals surface area contributed by atoms with Crippen LogP contribution in [0.4, 0.5) is 10.1 Å². The average molecular weight is 610 g/mol. The zero-order valence-electron chi connectivity index (χ0n) is 23.4. The first-order valence-electron chi connectivity index (χ1n) is 13.7. The molecule has 1 unspecified atom stereocenters. The number of aliphatic hydroxyl groups is 1. The number of carbonyl (C=O) groups is 1. The minimum atomic E-state index is -0.740. The van der Waals surface area contributed by atoms with Crippen LogP contribution < -0.4 is 5.32 Å². The number of aliphatic hydroxyl groups excluding tert-OH is 1. The van der Waals surface area contributed by atoms with Gasteiger partial charge in [0.25, 0.3) is 5.91 Å². The summed E-state index contributed by atoms with van der Waals surface area (Å²) in [4.78, 5) is 14.9. The Bertz CT molecular complexity index is 1780. The number of carbonyl (C=O) groups excluding carboxylic acids is 1. The van der Waals surface area contributed by atoms with Crippen molar-refractivity contribution >= 4 is 28.7 Å². The summed E-state index contributed by atoms with van der Waals surface area (Å²) in [6.45, 7) is 3.17. The molecule has 1 aliphatic carbocycles. The number of halogens is 2. The molecule has 0 spiro atoms. The van der Waals surface area contributed by atoms with Crippen LogP contribution in [0.25, 0.3) is 28.0 Å². The van der Waals surface area contributed by atoms with Crippen LogP contribution in [0.5, 0.6) is 0 Å². The van der Waals surface area contributed by atoms with Gasteiger partial charge >= 0.3 is 0 Å². The first kappa shape index (κ1) is 28.9. The predicted octanol–water partition coefficient (Wildman–Crippen LogP) is 3.56. The summed E-state index contributed by atoms with van der Waals surface area (Å²) in [5, 5.41) is 34.1. The first-order valence-corrected chi connectivity index (χ1v) is 14.1. The molecule has 4 heterocycles. The molecule has 1 fully saturated rings. The highest BCUT2D eigenvalue weighted by Gasteiger charge is 2.27. The first-order chi connectivity index (χ1) is 20.8. The Hall–Kier alpha value is -4.24. The fourth-order valence-corrected chi connectivity index (χ4v) is 4.85. The van der Waals surface area contributed by atoms with Crippen LogP contribution in [0.1, 0.15) is 34.9 Å². The smallest absolute Gasteiger partial charge is 0.259 e. The van der Waals surface area contributed by atoms with Crippen molar-refractivity contribution in [2.45, 2.75) is 38.5 Å². The number of nitrogens with one attached hydrogen (secondary N) is 1. The lowest BCUT2D eigenvalue weighted by atomic mass is 10.1. The van der Waals surface area contributed by atoms with Gasteiger partial charge in [-0.15, -0.1) is 10.2 Å². The fourth-order valence-electron chi connectivity index (χ4n) is 4.65. The van der Waals surface area contributed by atoms with Gasteiger partial charge in [0, 0.05) is 24.6 Å². The molecule has 0 radical (unpaired) electrons. The molecule has 1 aliphatic rings. The van der Waals surface area contributed by atoms with E-state index in [0.29, 0.717) is 18.7 Å². The molecule has 1 saturated carbocycles. The number of pyridine rings is 1. The van der Waals surface area contributed by atoms with Gasteiger partial charge in [-0.3, -0.25) is 9.48 Å². The lowest BCUT2D eigenvalue weighted by molar-refractivity contribution is 0.00577. The van der Waals surface area contributed by atoms with E-state index in [1.165, 1.54) is 17.1 Å². The Labute approximate surface area is 250 Å². The molecule has 2 N–H and O–H groups in total. The summed E-state index contributed by atoms with van der Waals surface area (Å²) in [6, 6.07) is 6.40.